The zero-order valence-corrected chi connectivity index (χ0v) is 7.10. The van der Waals surface area contributed by atoms with Gasteiger partial charge in [0.25, 0.3) is 5.91 Å². The number of rotatable bonds is 3. The smallest absolute Gasteiger partial charge is 0.295 e. The van der Waals surface area contributed by atoms with E-state index in [2.05, 4.69) is 17.2 Å². The zero-order chi connectivity index (χ0) is 8.81. The average Bonchev–Trinajstić information content (AvgIpc) is 2.84. The maximum absolute atomic E-state index is 10.9. The minimum absolute atomic E-state index is 0.171. The fourth-order valence-electron chi connectivity index (χ4n) is 0.743. The maximum atomic E-state index is 10.9. The standard InChI is InChI=1S/C9H14N2O/c10-6-1-7-11-9(12)5-4-8-2-3-8/h8H,1-3,6-7,10H2,(H,11,12). The first kappa shape index (κ1) is 9.08. The van der Waals surface area contributed by atoms with Crippen molar-refractivity contribution in [2.75, 3.05) is 13.1 Å². The summed E-state index contributed by atoms with van der Waals surface area (Å²) in [5.74, 6) is 5.77. The highest BCUT2D eigenvalue weighted by Crippen LogP contribution is 2.27. The van der Waals surface area contributed by atoms with Crippen LogP contribution in [0.3, 0.4) is 0 Å². The lowest BCUT2D eigenvalue weighted by Crippen LogP contribution is -2.24. The molecule has 1 amide bonds. The van der Waals surface area contributed by atoms with E-state index < -0.39 is 0 Å². The molecule has 0 aromatic carbocycles. The Hall–Kier alpha value is -1.01. The van der Waals surface area contributed by atoms with Crippen LogP contribution in [-0.4, -0.2) is 19.0 Å². The molecule has 1 aliphatic rings. The second kappa shape index (κ2) is 4.78. The van der Waals surface area contributed by atoms with Gasteiger partial charge in [0.15, 0.2) is 0 Å². The maximum Gasteiger partial charge on any atom is 0.295 e. The minimum Gasteiger partial charge on any atom is -0.345 e. The molecule has 1 saturated carbocycles. The summed E-state index contributed by atoms with van der Waals surface area (Å²) >= 11 is 0. The monoisotopic (exact) mass is 166 g/mol. The molecule has 1 aliphatic carbocycles. The number of hydrogen-bond donors (Lipinski definition) is 2. The lowest BCUT2D eigenvalue weighted by atomic mass is 10.4. The Morgan fingerprint density at radius 2 is 2.33 bits per heavy atom. The third-order valence-electron chi connectivity index (χ3n) is 1.63. The first-order valence-electron chi connectivity index (χ1n) is 4.32. The molecule has 0 unspecified atom stereocenters. The van der Waals surface area contributed by atoms with Crippen molar-refractivity contribution in [1.29, 1.82) is 0 Å². The Morgan fingerprint density at radius 1 is 1.58 bits per heavy atom. The zero-order valence-electron chi connectivity index (χ0n) is 7.10. The van der Waals surface area contributed by atoms with E-state index in [1.54, 1.807) is 0 Å². The second-order valence-electron chi connectivity index (χ2n) is 2.94. The molecule has 0 aliphatic heterocycles. The summed E-state index contributed by atoms with van der Waals surface area (Å²) in [4.78, 5) is 10.9. The third-order valence-corrected chi connectivity index (χ3v) is 1.63. The van der Waals surface area contributed by atoms with Crippen molar-refractivity contribution in [2.24, 2.45) is 11.7 Å². The molecular weight excluding hydrogens is 152 g/mol. The summed E-state index contributed by atoms with van der Waals surface area (Å²) in [5, 5.41) is 2.67. The van der Waals surface area contributed by atoms with E-state index in [1.807, 2.05) is 0 Å². The van der Waals surface area contributed by atoms with Crippen molar-refractivity contribution < 1.29 is 4.79 Å². The fourth-order valence-corrected chi connectivity index (χ4v) is 0.743. The first-order chi connectivity index (χ1) is 5.83. The summed E-state index contributed by atoms with van der Waals surface area (Å²) in [6, 6.07) is 0. The highest BCUT2D eigenvalue weighted by molar-refractivity contribution is 5.93. The molecule has 0 saturated heterocycles. The molecule has 0 aromatic rings. The Kier molecular flexibility index (Phi) is 3.62. The number of nitrogens with one attached hydrogen (secondary N) is 1. The molecule has 0 heterocycles. The third kappa shape index (κ3) is 3.99. The van der Waals surface area contributed by atoms with Crippen molar-refractivity contribution in [1.82, 2.24) is 5.32 Å². The van der Waals surface area contributed by atoms with E-state index in [4.69, 9.17) is 5.73 Å². The van der Waals surface area contributed by atoms with Crippen molar-refractivity contribution in [3.8, 4) is 11.8 Å². The highest BCUT2D eigenvalue weighted by Gasteiger charge is 2.17. The summed E-state index contributed by atoms with van der Waals surface area (Å²) in [6.45, 7) is 1.24. The number of carbonyl (C=O) groups is 1. The van der Waals surface area contributed by atoms with Gasteiger partial charge in [0.05, 0.1) is 0 Å². The molecule has 12 heavy (non-hydrogen) atoms. The van der Waals surface area contributed by atoms with E-state index in [9.17, 15) is 4.79 Å². The molecule has 1 rings (SSSR count). The van der Waals surface area contributed by atoms with Crippen LogP contribution in [0.1, 0.15) is 19.3 Å². The van der Waals surface area contributed by atoms with Crippen LogP contribution in [0, 0.1) is 17.8 Å². The van der Waals surface area contributed by atoms with Gasteiger partial charge in [0.1, 0.15) is 0 Å². The Morgan fingerprint density at radius 3 is 2.92 bits per heavy atom. The lowest BCUT2D eigenvalue weighted by molar-refractivity contribution is -0.115. The van der Waals surface area contributed by atoms with Crippen molar-refractivity contribution >= 4 is 5.91 Å². The van der Waals surface area contributed by atoms with Crippen LogP contribution < -0.4 is 11.1 Å². The van der Waals surface area contributed by atoms with Crippen LogP contribution in [-0.2, 0) is 4.79 Å². The van der Waals surface area contributed by atoms with E-state index in [-0.39, 0.29) is 5.91 Å². The number of amides is 1. The number of nitrogens with two attached hydrogens (primary N) is 1. The highest BCUT2D eigenvalue weighted by atomic mass is 16.1. The first-order valence-corrected chi connectivity index (χ1v) is 4.32. The van der Waals surface area contributed by atoms with Crippen molar-refractivity contribution in [3.05, 3.63) is 0 Å². The SMILES string of the molecule is NCCCNC(=O)C#CC1CC1. The van der Waals surface area contributed by atoms with E-state index in [0.717, 1.165) is 19.3 Å². The topological polar surface area (TPSA) is 55.1 Å². The molecule has 0 bridgehead atoms. The van der Waals surface area contributed by atoms with Gasteiger partial charge in [0.2, 0.25) is 0 Å². The molecule has 66 valence electrons. The number of carbonyl (C=O) groups excluding carboxylic acids is 1. The van der Waals surface area contributed by atoms with Gasteiger partial charge in [-0.2, -0.15) is 0 Å². The van der Waals surface area contributed by atoms with Crippen molar-refractivity contribution in [3.63, 3.8) is 0 Å². The van der Waals surface area contributed by atoms with Crippen LogP contribution in [0.15, 0.2) is 0 Å². The average molecular weight is 166 g/mol. The lowest BCUT2D eigenvalue weighted by Gasteiger charge is -1.96. The molecule has 0 spiro atoms. The molecule has 3 nitrogen and oxygen atoms in total. The van der Waals surface area contributed by atoms with E-state index >= 15 is 0 Å². The normalized spacial score (nSPS) is 14.8. The van der Waals surface area contributed by atoms with Gasteiger partial charge in [-0.1, -0.05) is 5.92 Å². The summed E-state index contributed by atoms with van der Waals surface area (Å²) in [7, 11) is 0. The van der Waals surface area contributed by atoms with Crippen LogP contribution >= 0.6 is 0 Å². The van der Waals surface area contributed by atoms with Gasteiger partial charge in [0, 0.05) is 12.5 Å². The quantitative estimate of drug-likeness (QED) is 0.453. The molecule has 0 radical (unpaired) electrons. The Labute approximate surface area is 72.7 Å². The van der Waals surface area contributed by atoms with Gasteiger partial charge >= 0.3 is 0 Å². The summed E-state index contributed by atoms with van der Waals surface area (Å²) < 4.78 is 0. The van der Waals surface area contributed by atoms with E-state index in [0.29, 0.717) is 19.0 Å². The van der Waals surface area contributed by atoms with Gasteiger partial charge in [-0.3, -0.25) is 4.79 Å². The van der Waals surface area contributed by atoms with Crippen molar-refractivity contribution in [2.45, 2.75) is 19.3 Å². The predicted molar refractivity (Wildman–Crippen MR) is 47.2 cm³/mol. The number of hydrogen-bond acceptors (Lipinski definition) is 2. The van der Waals surface area contributed by atoms with Crippen LogP contribution in [0.4, 0.5) is 0 Å². The van der Waals surface area contributed by atoms with Gasteiger partial charge in [-0.15, -0.1) is 0 Å². The molecule has 0 aromatic heterocycles. The second-order valence-corrected chi connectivity index (χ2v) is 2.94. The van der Waals surface area contributed by atoms with Gasteiger partial charge in [-0.05, 0) is 31.7 Å². The summed E-state index contributed by atoms with van der Waals surface area (Å²) in [6.07, 6.45) is 3.13. The molecule has 3 heteroatoms. The summed E-state index contributed by atoms with van der Waals surface area (Å²) in [5.41, 5.74) is 5.26. The minimum atomic E-state index is -0.171. The van der Waals surface area contributed by atoms with Crippen LogP contribution in [0.5, 0.6) is 0 Å². The van der Waals surface area contributed by atoms with Gasteiger partial charge in [-0.25, -0.2) is 0 Å². The molecular formula is C9H14N2O. The largest absolute Gasteiger partial charge is 0.345 e. The van der Waals surface area contributed by atoms with Crippen LogP contribution in [0.2, 0.25) is 0 Å². The molecule has 1 fully saturated rings. The Bertz CT molecular complexity index is 210. The van der Waals surface area contributed by atoms with Crippen LogP contribution in [0.25, 0.3) is 0 Å². The van der Waals surface area contributed by atoms with Gasteiger partial charge < -0.3 is 11.1 Å². The molecule has 0 atom stereocenters. The fraction of sp³-hybridized carbons (Fsp3) is 0.667. The molecule has 3 N–H and O–H groups in total. The Balaban J connectivity index is 2.07. The van der Waals surface area contributed by atoms with E-state index in [1.165, 1.54) is 0 Å². The predicted octanol–water partition coefficient (Wildman–Crippen LogP) is -0.135.